The van der Waals surface area contributed by atoms with Gasteiger partial charge in [0, 0.05) is 4.88 Å². The smallest absolute Gasteiger partial charge is 0.110 e. The highest BCUT2D eigenvalue weighted by Crippen LogP contribution is 2.24. The van der Waals surface area contributed by atoms with Gasteiger partial charge in [-0.25, -0.2) is 4.98 Å². The zero-order valence-corrected chi connectivity index (χ0v) is 10.7. The molecule has 1 aromatic heterocycles. The predicted octanol–water partition coefficient (Wildman–Crippen LogP) is 2.90. The van der Waals surface area contributed by atoms with E-state index >= 15 is 0 Å². The largest absolute Gasteiger partial charge is 0.322 e. The molecule has 80 valence electrons. The first-order valence-corrected chi connectivity index (χ1v) is 7.04. The summed E-state index contributed by atoms with van der Waals surface area (Å²) >= 11 is 3.61. The Hall–Kier alpha value is -0.0600. The summed E-state index contributed by atoms with van der Waals surface area (Å²) in [6.07, 6.45) is 4.36. The van der Waals surface area contributed by atoms with Gasteiger partial charge in [0.05, 0.1) is 11.7 Å². The van der Waals surface area contributed by atoms with Crippen LogP contribution in [0.3, 0.4) is 0 Å². The monoisotopic (exact) mass is 230 g/mol. The molecule has 0 aliphatic heterocycles. The number of nitrogens with two attached hydrogens (primary N) is 1. The second kappa shape index (κ2) is 5.73. The van der Waals surface area contributed by atoms with Gasteiger partial charge >= 0.3 is 0 Å². The number of rotatable bonds is 5. The van der Waals surface area contributed by atoms with E-state index in [1.807, 2.05) is 18.7 Å². The van der Waals surface area contributed by atoms with E-state index in [0.717, 1.165) is 17.1 Å². The summed E-state index contributed by atoms with van der Waals surface area (Å²) < 4.78 is 0. The van der Waals surface area contributed by atoms with Crippen molar-refractivity contribution in [2.45, 2.75) is 32.7 Å². The fourth-order valence-corrected chi connectivity index (χ4v) is 2.64. The molecule has 0 saturated carbocycles. The maximum Gasteiger partial charge on any atom is 0.110 e. The first kappa shape index (κ1) is 12.0. The Balaban J connectivity index is 2.47. The van der Waals surface area contributed by atoms with Gasteiger partial charge in [-0.2, -0.15) is 11.8 Å². The van der Waals surface area contributed by atoms with Crippen LogP contribution in [-0.4, -0.2) is 17.0 Å². The molecule has 0 saturated heterocycles. The molecule has 2 nitrogen and oxygen atoms in total. The lowest BCUT2D eigenvalue weighted by atomic mass is 10.2. The van der Waals surface area contributed by atoms with Crippen LogP contribution in [-0.2, 0) is 0 Å². The van der Waals surface area contributed by atoms with Crippen LogP contribution in [0.4, 0.5) is 0 Å². The molecule has 1 aromatic rings. The first-order chi connectivity index (χ1) is 6.65. The Morgan fingerprint density at radius 3 is 2.71 bits per heavy atom. The van der Waals surface area contributed by atoms with Crippen molar-refractivity contribution in [3.8, 4) is 0 Å². The minimum atomic E-state index is 0.138. The number of thiazole rings is 1. The lowest BCUT2D eigenvalue weighted by molar-refractivity contribution is 0.637. The van der Waals surface area contributed by atoms with E-state index in [-0.39, 0.29) is 6.04 Å². The van der Waals surface area contributed by atoms with Crippen molar-refractivity contribution in [2.24, 2.45) is 5.73 Å². The summed E-state index contributed by atoms with van der Waals surface area (Å²) in [5.74, 6) is 1.19. The highest BCUT2D eigenvalue weighted by molar-refractivity contribution is 7.98. The molecule has 1 atom stereocenters. The van der Waals surface area contributed by atoms with Crippen LogP contribution in [0, 0.1) is 13.8 Å². The Bertz CT molecular complexity index is 264. The third-order valence-corrected chi connectivity index (χ3v) is 4.13. The number of thioether (sulfide) groups is 1. The van der Waals surface area contributed by atoms with Crippen molar-refractivity contribution >= 4 is 23.1 Å². The Morgan fingerprint density at radius 1 is 1.50 bits per heavy atom. The maximum atomic E-state index is 6.06. The molecule has 0 spiro atoms. The SMILES string of the molecule is CSCCCC(N)c1nc(C)c(C)s1. The molecular formula is C10H18N2S2. The van der Waals surface area contributed by atoms with Crippen LogP contribution < -0.4 is 5.73 Å². The molecule has 1 unspecified atom stereocenters. The van der Waals surface area contributed by atoms with E-state index in [4.69, 9.17) is 5.73 Å². The van der Waals surface area contributed by atoms with Gasteiger partial charge in [0.1, 0.15) is 5.01 Å². The van der Waals surface area contributed by atoms with Crippen molar-refractivity contribution in [1.29, 1.82) is 0 Å². The van der Waals surface area contributed by atoms with Crippen LogP contribution >= 0.6 is 23.1 Å². The quantitative estimate of drug-likeness (QED) is 0.791. The zero-order valence-electron chi connectivity index (χ0n) is 9.04. The van der Waals surface area contributed by atoms with E-state index in [1.54, 1.807) is 11.3 Å². The molecule has 0 amide bonds. The van der Waals surface area contributed by atoms with E-state index < -0.39 is 0 Å². The van der Waals surface area contributed by atoms with Gasteiger partial charge in [-0.1, -0.05) is 0 Å². The van der Waals surface area contributed by atoms with Gasteiger partial charge < -0.3 is 5.73 Å². The third kappa shape index (κ3) is 3.26. The van der Waals surface area contributed by atoms with E-state index in [1.165, 1.54) is 17.1 Å². The number of aromatic nitrogens is 1. The summed E-state index contributed by atoms with van der Waals surface area (Å²) in [4.78, 5) is 5.77. The van der Waals surface area contributed by atoms with Crippen LogP contribution in [0.5, 0.6) is 0 Å². The van der Waals surface area contributed by atoms with Crippen molar-refractivity contribution < 1.29 is 0 Å². The zero-order chi connectivity index (χ0) is 10.6. The van der Waals surface area contributed by atoms with Gasteiger partial charge in [0.2, 0.25) is 0 Å². The number of hydrogen-bond acceptors (Lipinski definition) is 4. The topological polar surface area (TPSA) is 38.9 Å². The van der Waals surface area contributed by atoms with Crippen LogP contribution in [0.25, 0.3) is 0 Å². The van der Waals surface area contributed by atoms with Crippen LogP contribution in [0.1, 0.15) is 34.5 Å². The summed E-state index contributed by atoms with van der Waals surface area (Å²) in [5.41, 5.74) is 7.19. The first-order valence-electron chi connectivity index (χ1n) is 4.83. The Labute approximate surface area is 94.3 Å². The summed E-state index contributed by atoms with van der Waals surface area (Å²) in [7, 11) is 0. The molecular weight excluding hydrogens is 212 g/mol. The van der Waals surface area contributed by atoms with Crippen molar-refractivity contribution in [2.75, 3.05) is 12.0 Å². The average molecular weight is 230 g/mol. The summed E-state index contributed by atoms with van der Waals surface area (Å²) in [5, 5.41) is 1.10. The molecule has 1 heterocycles. The predicted molar refractivity (Wildman–Crippen MR) is 66.1 cm³/mol. The number of aryl methyl sites for hydroxylation is 2. The van der Waals surface area contributed by atoms with E-state index in [2.05, 4.69) is 18.2 Å². The van der Waals surface area contributed by atoms with Gasteiger partial charge in [-0.05, 0) is 38.7 Å². The maximum absolute atomic E-state index is 6.06. The molecule has 0 bridgehead atoms. The van der Waals surface area contributed by atoms with E-state index in [0.29, 0.717) is 0 Å². The van der Waals surface area contributed by atoms with E-state index in [9.17, 15) is 0 Å². The van der Waals surface area contributed by atoms with Gasteiger partial charge in [0.25, 0.3) is 0 Å². The fourth-order valence-electron chi connectivity index (χ4n) is 1.23. The highest BCUT2D eigenvalue weighted by atomic mass is 32.2. The lowest BCUT2D eigenvalue weighted by Gasteiger charge is -2.06. The molecule has 0 radical (unpaired) electrons. The van der Waals surface area contributed by atoms with Crippen LogP contribution in [0.15, 0.2) is 0 Å². The Morgan fingerprint density at radius 2 is 2.21 bits per heavy atom. The molecule has 1 rings (SSSR count). The minimum absolute atomic E-state index is 0.138. The highest BCUT2D eigenvalue weighted by Gasteiger charge is 2.11. The Kier molecular flexibility index (Phi) is 4.92. The second-order valence-electron chi connectivity index (χ2n) is 3.44. The number of nitrogens with zero attached hydrogens (tertiary/aromatic N) is 1. The normalized spacial score (nSPS) is 13.1. The van der Waals surface area contributed by atoms with Crippen LogP contribution in [0.2, 0.25) is 0 Å². The molecule has 0 aromatic carbocycles. The number of hydrogen-bond donors (Lipinski definition) is 1. The van der Waals surface area contributed by atoms with Crippen molar-refractivity contribution in [3.05, 3.63) is 15.6 Å². The third-order valence-electron chi connectivity index (χ3n) is 2.23. The second-order valence-corrected chi connectivity index (χ2v) is 5.66. The minimum Gasteiger partial charge on any atom is -0.322 e. The molecule has 0 fully saturated rings. The molecule has 2 N–H and O–H groups in total. The summed E-state index contributed by atoms with van der Waals surface area (Å²) in [6, 6.07) is 0.138. The van der Waals surface area contributed by atoms with Gasteiger partial charge in [0.15, 0.2) is 0 Å². The van der Waals surface area contributed by atoms with Crippen molar-refractivity contribution in [1.82, 2.24) is 4.98 Å². The van der Waals surface area contributed by atoms with Gasteiger partial charge in [-0.3, -0.25) is 0 Å². The molecule has 0 aliphatic rings. The lowest BCUT2D eigenvalue weighted by Crippen LogP contribution is -2.10. The average Bonchev–Trinajstić information content (AvgIpc) is 2.47. The molecule has 0 aliphatic carbocycles. The molecule has 14 heavy (non-hydrogen) atoms. The fraction of sp³-hybridized carbons (Fsp3) is 0.700. The van der Waals surface area contributed by atoms with Crippen molar-refractivity contribution in [3.63, 3.8) is 0 Å². The summed E-state index contributed by atoms with van der Waals surface area (Å²) in [6.45, 7) is 4.15. The molecule has 4 heteroatoms. The standard InChI is InChI=1S/C10H18N2S2/c1-7-8(2)14-10(12-7)9(11)5-4-6-13-3/h9H,4-6,11H2,1-3H3. The van der Waals surface area contributed by atoms with Gasteiger partial charge in [-0.15, -0.1) is 11.3 Å².